The molecule has 2 aromatic rings. The number of hydrogen-bond acceptors (Lipinski definition) is 5. The van der Waals surface area contributed by atoms with Crippen molar-refractivity contribution in [2.45, 2.75) is 13.5 Å². The Kier molecular flexibility index (Phi) is 3.24. The number of nitrogens with two attached hydrogens (primary N) is 1. The van der Waals surface area contributed by atoms with E-state index in [9.17, 15) is 4.79 Å². The first-order valence-corrected chi connectivity index (χ1v) is 5.27. The highest BCUT2D eigenvalue weighted by atomic mass is 16.1. The monoisotopic (exact) mass is 231 g/mol. The Bertz CT molecular complexity index is 534. The van der Waals surface area contributed by atoms with Crippen LogP contribution in [-0.2, 0) is 6.54 Å². The lowest BCUT2D eigenvalue weighted by Crippen LogP contribution is -2.10. The van der Waals surface area contributed by atoms with E-state index in [0.717, 1.165) is 5.56 Å². The van der Waals surface area contributed by atoms with E-state index >= 15 is 0 Å². The van der Waals surface area contributed by atoms with Crippen LogP contribution in [0.3, 0.4) is 0 Å². The molecule has 17 heavy (non-hydrogen) atoms. The molecule has 2 heterocycles. The molecule has 88 valence electrons. The molecule has 0 atom stereocenters. The summed E-state index contributed by atoms with van der Waals surface area (Å²) in [7, 11) is 0. The normalized spacial score (nSPS) is 10.5. The SMILES string of the molecule is Cc1cncc(C(=O)c2cn(CCN)nn2)c1. The Morgan fingerprint density at radius 2 is 2.29 bits per heavy atom. The Labute approximate surface area is 98.5 Å². The molecule has 0 aromatic carbocycles. The summed E-state index contributed by atoms with van der Waals surface area (Å²) in [5.74, 6) is -0.176. The lowest BCUT2D eigenvalue weighted by Gasteiger charge is -1.97. The number of hydrogen-bond donors (Lipinski definition) is 1. The van der Waals surface area contributed by atoms with Crippen molar-refractivity contribution in [2.75, 3.05) is 6.54 Å². The second-order valence-corrected chi connectivity index (χ2v) is 3.74. The number of carbonyl (C=O) groups excluding carboxylic acids is 1. The van der Waals surface area contributed by atoms with Crippen LogP contribution in [0.25, 0.3) is 0 Å². The molecule has 2 N–H and O–H groups in total. The van der Waals surface area contributed by atoms with Crippen molar-refractivity contribution in [3.63, 3.8) is 0 Å². The minimum Gasteiger partial charge on any atom is -0.329 e. The molecule has 0 aliphatic rings. The van der Waals surface area contributed by atoms with Gasteiger partial charge in [-0.2, -0.15) is 0 Å². The van der Waals surface area contributed by atoms with Gasteiger partial charge in [0.15, 0.2) is 5.69 Å². The summed E-state index contributed by atoms with van der Waals surface area (Å²) in [4.78, 5) is 16.0. The van der Waals surface area contributed by atoms with Crippen LogP contribution in [0.2, 0.25) is 0 Å². The van der Waals surface area contributed by atoms with E-state index in [0.29, 0.717) is 24.3 Å². The van der Waals surface area contributed by atoms with Gasteiger partial charge in [-0.05, 0) is 18.6 Å². The summed E-state index contributed by atoms with van der Waals surface area (Å²) in [5.41, 5.74) is 7.16. The van der Waals surface area contributed by atoms with Gasteiger partial charge < -0.3 is 5.73 Å². The third-order valence-corrected chi connectivity index (χ3v) is 2.27. The molecule has 2 aromatic heterocycles. The van der Waals surface area contributed by atoms with Crippen LogP contribution in [0.4, 0.5) is 0 Å². The molecule has 0 fully saturated rings. The zero-order chi connectivity index (χ0) is 12.3. The van der Waals surface area contributed by atoms with Crippen molar-refractivity contribution in [2.24, 2.45) is 5.73 Å². The first kappa shape index (κ1) is 11.4. The van der Waals surface area contributed by atoms with Gasteiger partial charge in [0.25, 0.3) is 0 Å². The van der Waals surface area contributed by atoms with Gasteiger partial charge >= 0.3 is 0 Å². The topological polar surface area (TPSA) is 86.7 Å². The average molecular weight is 231 g/mol. The first-order valence-electron chi connectivity index (χ1n) is 5.27. The molecule has 0 radical (unpaired) electrons. The van der Waals surface area contributed by atoms with Gasteiger partial charge in [0.2, 0.25) is 5.78 Å². The van der Waals surface area contributed by atoms with Gasteiger partial charge in [-0.3, -0.25) is 14.5 Å². The van der Waals surface area contributed by atoms with Crippen LogP contribution in [-0.4, -0.2) is 32.3 Å². The lowest BCUT2D eigenvalue weighted by atomic mass is 10.1. The van der Waals surface area contributed by atoms with Crippen LogP contribution in [0.5, 0.6) is 0 Å². The van der Waals surface area contributed by atoms with E-state index < -0.39 is 0 Å². The van der Waals surface area contributed by atoms with Gasteiger partial charge in [0.05, 0.1) is 12.7 Å². The number of rotatable bonds is 4. The molecule has 0 bridgehead atoms. The fourth-order valence-corrected chi connectivity index (χ4v) is 1.47. The van der Waals surface area contributed by atoms with Crippen LogP contribution < -0.4 is 5.73 Å². The first-order chi connectivity index (χ1) is 8.20. The predicted octanol–water partition coefficient (Wildman–Crippen LogP) is 0.171. The summed E-state index contributed by atoms with van der Waals surface area (Å²) >= 11 is 0. The van der Waals surface area contributed by atoms with Crippen molar-refractivity contribution in [3.8, 4) is 0 Å². The second kappa shape index (κ2) is 4.84. The third-order valence-electron chi connectivity index (χ3n) is 2.27. The highest BCUT2D eigenvalue weighted by Crippen LogP contribution is 2.07. The van der Waals surface area contributed by atoms with E-state index in [2.05, 4.69) is 15.3 Å². The molecule has 2 rings (SSSR count). The molecule has 6 nitrogen and oxygen atoms in total. The van der Waals surface area contributed by atoms with Gasteiger partial charge in [-0.15, -0.1) is 5.10 Å². The minimum atomic E-state index is -0.176. The lowest BCUT2D eigenvalue weighted by molar-refractivity contribution is 0.103. The molecular formula is C11H13N5O. The quantitative estimate of drug-likeness (QED) is 0.758. The highest BCUT2D eigenvalue weighted by molar-refractivity contribution is 6.07. The van der Waals surface area contributed by atoms with Gasteiger partial charge in [-0.1, -0.05) is 5.21 Å². The molecule has 0 aliphatic carbocycles. The van der Waals surface area contributed by atoms with Crippen LogP contribution >= 0.6 is 0 Å². The molecular weight excluding hydrogens is 218 g/mol. The molecule has 0 unspecified atom stereocenters. The fraction of sp³-hybridized carbons (Fsp3) is 0.273. The summed E-state index contributed by atoms with van der Waals surface area (Å²) < 4.78 is 1.55. The molecule has 0 spiro atoms. The molecule has 0 aliphatic heterocycles. The third kappa shape index (κ3) is 2.54. The number of ketones is 1. The van der Waals surface area contributed by atoms with Crippen molar-refractivity contribution in [1.29, 1.82) is 0 Å². The Balaban J connectivity index is 2.24. The molecule has 0 saturated carbocycles. The number of pyridine rings is 1. The largest absolute Gasteiger partial charge is 0.329 e. The molecule has 0 amide bonds. The number of nitrogens with zero attached hydrogens (tertiary/aromatic N) is 4. The van der Waals surface area contributed by atoms with Crippen molar-refractivity contribution < 1.29 is 4.79 Å². The van der Waals surface area contributed by atoms with Crippen LogP contribution in [0.15, 0.2) is 24.7 Å². The zero-order valence-corrected chi connectivity index (χ0v) is 9.50. The maximum absolute atomic E-state index is 12.0. The summed E-state index contributed by atoms with van der Waals surface area (Å²) in [6, 6.07) is 1.78. The van der Waals surface area contributed by atoms with E-state index in [1.807, 2.05) is 6.92 Å². The van der Waals surface area contributed by atoms with Crippen LogP contribution in [0.1, 0.15) is 21.6 Å². The van der Waals surface area contributed by atoms with Crippen molar-refractivity contribution >= 4 is 5.78 Å². The standard InChI is InChI=1S/C11H13N5O/c1-8-4-9(6-13-5-8)11(17)10-7-16(3-2-12)15-14-10/h4-7H,2-3,12H2,1H3. The maximum atomic E-state index is 12.0. The molecule has 6 heteroatoms. The smallest absolute Gasteiger partial charge is 0.216 e. The van der Waals surface area contributed by atoms with Crippen molar-refractivity contribution in [1.82, 2.24) is 20.0 Å². The predicted molar refractivity (Wildman–Crippen MR) is 61.5 cm³/mol. The van der Waals surface area contributed by atoms with E-state index in [1.54, 1.807) is 23.1 Å². The second-order valence-electron chi connectivity index (χ2n) is 3.74. The van der Waals surface area contributed by atoms with Gasteiger partial charge in [-0.25, -0.2) is 0 Å². The summed E-state index contributed by atoms with van der Waals surface area (Å²) in [6.45, 7) is 2.89. The van der Waals surface area contributed by atoms with Crippen molar-refractivity contribution in [3.05, 3.63) is 41.5 Å². The Morgan fingerprint density at radius 3 is 3.00 bits per heavy atom. The Hall–Kier alpha value is -2.08. The Morgan fingerprint density at radius 1 is 1.47 bits per heavy atom. The van der Waals surface area contributed by atoms with E-state index in [-0.39, 0.29) is 5.78 Å². The summed E-state index contributed by atoms with van der Waals surface area (Å²) in [6.07, 6.45) is 4.82. The number of aryl methyl sites for hydroxylation is 1. The van der Waals surface area contributed by atoms with E-state index in [1.165, 1.54) is 6.20 Å². The summed E-state index contributed by atoms with van der Waals surface area (Å²) in [5, 5.41) is 7.64. The molecule has 0 saturated heterocycles. The zero-order valence-electron chi connectivity index (χ0n) is 9.50. The minimum absolute atomic E-state index is 0.176. The maximum Gasteiger partial charge on any atom is 0.216 e. The average Bonchev–Trinajstić information content (AvgIpc) is 2.77. The number of carbonyl (C=O) groups is 1. The highest BCUT2D eigenvalue weighted by Gasteiger charge is 2.13. The van der Waals surface area contributed by atoms with Crippen LogP contribution in [0, 0.1) is 6.92 Å². The van der Waals surface area contributed by atoms with Gasteiger partial charge in [0, 0.05) is 24.5 Å². The van der Waals surface area contributed by atoms with Gasteiger partial charge in [0.1, 0.15) is 0 Å². The fourth-order valence-electron chi connectivity index (χ4n) is 1.47. The number of aromatic nitrogens is 4. The van der Waals surface area contributed by atoms with E-state index in [4.69, 9.17) is 5.73 Å².